The van der Waals surface area contributed by atoms with Gasteiger partial charge in [0.05, 0.1) is 6.61 Å². The van der Waals surface area contributed by atoms with Crippen molar-refractivity contribution in [3.8, 4) is 5.75 Å². The molecule has 14 heavy (non-hydrogen) atoms. The Labute approximate surface area is 85.1 Å². The van der Waals surface area contributed by atoms with E-state index in [0.29, 0.717) is 13.2 Å². The minimum absolute atomic E-state index is 0.595. The Morgan fingerprint density at radius 2 is 2.07 bits per heavy atom. The summed E-state index contributed by atoms with van der Waals surface area (Å²) in [6, 6.07) is 1.88. The molecule has 0 aromatic carbocycles. The maximum Gasteiger partial charge on any atom is 0.125 e. The van der Waals surface area contributed by atoms with Gasteiger partial charge in [0.15, 0.2) is 0 Å². The van der Waals surface area contributed by atoms with Gasteiger partial charge in [0, 0.05) is 24.1 Å². The van der Waals surface area contributed by atoms with E-state index < -0.39 is 0 Å². The van der Waals surface area contributed by atoms with E-state index in [4.69, 9.17) is 9.47 Å². The Kier molecular flexibility index (Phi) is 4.40. The summed E-state index contributed by atoms with van der Waals surface area (Å²) in [5, 5.41) is 0. The molecule has 0 aliphatic heterocycles. The zero-order valence-electron chi connectivity index (χ0n) is 9.04. The van der Waals surface area contributed by atoms with Crippen LogP contribution in [0.5, 0.6) is 5.75 Å². The number of aryl methyl sites for hydroxylation is 1. The van der Waals surface area contributed by atoms with Gasteiger partial charge in [0.25, 0.3) is 0 Å². The monoisotopic (exact) mass is 195 g/mol. The lowest BCUT2D eigenvalue weighted by atomic mass is 10.2. The van der Waals surface area contributed by atoms with E-state index in [2.05, 4.69) is 4.98 Å². The largest absolute Gasteiger partial charge is 0.491 e. The van der Waals surface area contributed by atoms with E-state index in [1.165, 1.54) is 0 Å². The van der Waals surface area contributed by atoms with Crippen LogP contribution in [0.25, 0.3) is 0 Å². The van der Waals surface area contributed by atoms with Gasteiger partial charge in [-0.25, -0.2) is 0 Å². The Balaban J connectivity index is 2.46. The summed E-state index contributed by atoms with van der Waals surface area (Å²) in [4.78, 5) is 4.17. The molecule has 0 fully saturated rings. The van der Waals surface area contributed by atoms with E-state index in [-0.39, 0.29) is 0 Å². The van der Waals surface area contributed by atoms with Crippen molar-refractivity contribution in [2.45, 2.75) is 20.8 Å². The van der Waals surface area contributed by atoms with Crippen molar-refractivity contribution in [1.29, 1.82) is 0 Å². The second-order valence-corrected chi connectivity index (χ2v) is 3.06. The van der Waals surface area contributed by atoms with E-state index >= 15 is 0 Å². The second kappa shape index (κ2) is 5.60. The topological polar surface area (TPSA) is 31.4 Å². The quantitative estimate of drug-likeness (QED) is 0.674. The zero-order valence-corrected chi connectivity index (χ0v) is 9.04. The van der Waals surface area contributed by atoms with Crippen LogP contribution in [0.2, 0.25) is 0 Å². The van der Waals surface area contributed by atoms with Gasteiger partial charge in [-0.15, -0.1) is 0 Å². The minimum Gasteiger partial charge on any atom is -0.491 e. The summed E-state index contributed by atoms with van der Waals surface area (Å²) in [7, 11) is 0. The van der Waals surface area contributed by atoms with E-state index in [1.54, 1.807) is 6.20 Å². The molecule has 0 N–H and O–H groups in total. The second-order valence-electron chi connectivity index (χ2n) is 3.06. The van der Waals surface area contributed by atoms with E-state index in [9.17, 15) is 0 Å². The highest BCUT2D eigenvalue weighted by Crippen LogP contribution is 2.18. The van der Waals surface area contributed by atoms with Gasteiger partial charge < -0.3 is 9.47 Å². The Bertz CT molecular complexity index is 287. The van der Waals surface area contributed by atoms with Crippen LogP contribution < -0.4 is 4.74 Å². The fourth-order valence-electron chi connectivity index (χ4n) is 1.13. The summed E-state index contributed by atoms with van der Waals surface area (Å²) in [6.45, 7) is 7.93. The molecule has 1 heterocycles. The molecule has 0 unspecified atom stereocenters. The molecule has 0 aliphatic carbocycles. The highest BCUT2D eigenvalue weighted by molar-refractivity contribution is 5.33. The van der Waals surface area contributed by atoms with Gasteiger partial charge in [0.1, 0.15) is 12.4 Å². The molecule has 0 spiro atoms. The molecule has 0 atom stereocenters. The summed E-state index contributed by atoms with van der Waals surface area (Å²) >= 11 is 0. The van der Waals surface area contributed by atoms with Crippen LogP contribution in [0.15, 0.2) is 12.3 Å². The highest BCUT2D eigenvalue weighted by Gasteiger charge is 2.01. The van der Waals surface area contributed by atoms with Gasteiger partial charge >= 0.3 is 0 Å². The minimum atomic E-state index is 0.595. The van der Waals surface area contributed by atoms with Gasteiger partial charge in [-0.2, -0.15) is 0 Å². The average Bonchev–Trinajstić information content (AvgIpc) is 2.19. The molecule has 0 saturated heterocycles. The van der Waals surface area contributed by atoms with Crippen LogP contribution in [0.3, 0.4) is 0 Å². The average molecular weight is 195 g/mol. The van der Waals surface area contributed by atoms with Gasteiger partial charge in [0.2, 0.25) is 0 Å². The molecule has 1 aromatic heterocycles. The van der Waals surface area contributed by atoms with Gasteiger partial charge in [-0.1, -0.05) is 0 Å². The van der Waals surface area contributed by atoms with Crippen molar-refractivity contribution < 1.29 is 9.47 Å². The first-order valence-electron chi connectivity index (χ1n) is 4.88. The van der Waals surface area contributed by atoms with E-state index in [0.717, 1.165) is 23.6 Å². The molecule has 0 saturated carbocycles. The number of aromatic nitrogens is 1. The molecule has 78 valence electrons. The van der Waals surface area contributed by atoms with Crippen molar-refractivity contribution in [2.75, 3.05) is 19.8 Å². The first-order chi connectivity index (χ1) is 6.75. The highest BCUT2D eigenvalue weighted by atomic mass is 16.5. The Hall–Kier alpha value is -1.09. The third-order valence-electron chi connectivity index (χ3n) is 2.10. The van der Waals surface area contributed by atoms with Gasteiger partial charge in [-0.3, -0.25) is 4.98 Å². The number of ether oxygens (including phenoxy) is 2. The molecule has 1 rings (SSSR count). The molecule has 1 aromatic rings. The number of nitrogens with zero attached hydrogens (tertiary/aromatic N) is 1. The Morgan fingerprint density at radius 3 is 2.79 bits per heavy atom. The van der Waals surface area contributed by atoms with Crippen LogP contribution in [0, 0.1) is 13.8 Å². The number of hydrogen-bond donors (Lipinski definition) is 0. The standard InChI is InChI=1S/C11H17NO2/c1-4-13-7-8-14-11-5-6-12-10(3)9(11)2/h5-6H,4,7-8H2,1-3H3. The summed E-state index contributed by atoms with van der Waals surface area (Å²) in [6.07, 6.45) is 1.76. The summed E-state index contributed by atoms with van der Waals surface area (Å²) in [5.41, 5.74) is 2.11. The van der Waals surface area contributed by atoms with Crippen molar-refractivity contribution in [3.05, 3.63) is 23.5 Å². The van der Waals surface area contributed by atoms with Crippen LogP contribution in [-0.2, 0) is 4.74 Å². The van der Waals surface area contributed by atoms with Crippen LogP contribution in [0.1, 0.15) is 18.2 Å². The lowest BCUT2D eigenvalue weighted by Gasteiger charge is -2.09. The maximum absolute atomic E-state index is 5.55. The normalized spacial score (nSPS) is 10.2. The van der Waals surface area contributed by atoms with Crippen molar-refractivity contribution >= 4 is 0 Å². The van der Waals surface area contributed by atoms with Gasteiger partial charge in [-0.05, 0) is 26.8 Å². The third kappa shape index (κ3) is 3.00. The molecular weight excluding hydrogens is 178 g/mol. The molecule has 0 amide bonds. The fourth-order valence-corrected chi connectivity index (χ4v) is 1.13. The van der Waals surface area contributed by atoms with Crippen LogP contribution >= 0.6 is 0 Å². The molecule has 0 aliphatic rings. The molecule has 0 bridgehead atoms. The predicted molar refractivity (Wildman–Crippen MR) is 55.7 cm³/mol. The molecule has 3 heteroatoms. The number of hydrogen-bond acceptors (Lipinski definition) is 3. The SMILES string of the molecule is CCOCCOc1ccnc(C)c1C. The predicted octanol–water partition coefficient (Wildman–Crippen LogP) is 2.11. The third-order valence-corrected chi connectivity index (χ3v) is 2.10. The first-order valence-corrected chi connectivity index (χ1v) is 4.88. The fraction of sp³-hybridized carbons (Fsp3) is 0.545. The summed E-state index contributed by atoms with van der Waals surface area (Å²) < 4.78 is 10.7. The van der Waals surface area contributed by atoms with Crippen molar-refractivity contribution in [3.63, 3.8) is 0 Å². The lowest BCUT2D eigenvalue weighted by Crippen LogP contribution is -2.07. The van der Waals surface area contributed by atoms with Crippen molar-refractivity contribution in [1.82, 2.24) is 4.98 Å². The lowest BCUT2D eigenvalue weighted by molar-refractivity contribution is 0.110. The zero-order chi connectivity index (χ0) is 10.4. The Morgan fingerprint density at radius 1 is 1.29 bits per heavy atom. The smallest absolute Gasteiger partial charge is 0.125 e. The number of rotatable bonds is 5. The van der Waals surface area contributed by atoms with Crippen LogP contribution in [0.4, 0.5) is 0 Å². The molecule has 0 radical (unpaired) electrons. The van der Waals surface area contributed by atoms with E-state index in [1.807, 2.05) is 26.8 Å². The molecule has 3 nitrogen and oxygen atoms in total. The van der Waals surface area contributed by atoms with Crippen molar-refractivity contribution in [2.24, 2.45) is 0 Å². The number of pyridine rings is 1. The first kappa shape index (κ1) is 11.0. The molecular formula is C11H17NO2. The summed E-state index contributed by atoms with van der Waals surface area (Å²) in [5.74, 6) is 0.900. The van der Waals surface area contributed by atoms with Crippen LogP contribution in [-0.4, -0.2) is 24.8 Å². The maximum atomic E-state index is 5.55.